The molecule has 6 nitrogen and oxygen atoms in total. The molecule has 0 bridgehead atoms. The van der Waals surface area contributed by atoms with E-state index in [2.05, 4.69) is 9.35 Å². The van der Waals surface area contributed by atoms with Crippen molar-refractivity contribution in [1.29, 1.82) is 5.41 Å². The number of nitrogens with zero attached hydrogens (tertiary/aromatic N) is 3. The Kier molecular flexibility index (Phi) is 5.95. The van der Waals surface area contributed by atoms with Crippen molar-refractivity contribution in [3.8, 4) is 11.1 Å². The lowest BCUT2D eigenvalue weighted by Crippen LogP contribution is -2.03. The predicted octanol–water partition coefficient (Wildman–Crippen LogP) is 6.17. The minimum absolute atomic E-state index is 0. The molecule has 0 amide bonds. The van der Waals surface area contributed by atoms with Gasteiger partial charge in [0.25, 0.3) is 0 Å². The van der Waals surface area contributed by atoms with E-state index in [1.165, 1.54) is 24.5 Å². The number of benzene rings is 2. The van der Waals surface area contributed by atoms with Gasteiger partial charge < -0.3 is 11.1 Å². The fraction of sp³-hybridized carbons (Fsp3) is 0.160. The molecule has 8 heteroatoms. The molecule has 4 rings (SSSR count). The molecule has 2 aromatic carbocycles. The number of halogens is 1. The summed E-state index contributed by atoms with van der Waals surface area (Å²) in [7, 11) is -2.84. The van der Waals surface area contributed by atoms with Crippen LogP contribution < -0.4 is 5.73 Å². The molecule has 0 saturated carbocycles. The van der Waals surface area contributed by atoms with Gasteiger partial charge >= 0.3 is 0 Å². The third kappa shape index (κ3) is 4.34. The average molecular weight is 464 g/mol. The topological polar surface area (TPSA) is 105 Å². The Morgan fingerprint density at radius 3 is 2.52 bits per heavy atom. The summed E-state index contributed by atoms with van der Waals surface area (Å²) in [5.41, 5.74) is 9.46. The van der Waals surface area contributed by atoms with E-state index in [-0.39, 0.29) is 13.2 Å². The average Bonchev–Trinajstić information content (AvgIpc) is 2.79. The largest absolute Gasteiger partial charge is 0.398 e. The highest BCUT2D eigenvalue weighted by Gasteiger charge is 2.20. The molecule has 0 aliphatic rings. The van der Waals surface area contributed by atoms with Crippen molar-refractivity contribution < 1.29 is 10.0 Å². The number of nitrogens with one attached hydrogen (secondary N) is 1. The van der Waals surface area contributed by atoms with Gasteiger partial charge in [-0.2, -0.15) is 4.36 Å². The minimum atomic E-state index is -2.84. The summed E-state index contributed by atoms with van der Waals surface area (Å²) >= 11 is 0. The molecule has 0 spiro atoms. The zero-order valence-corrected chi connectivity index (χ0v) is 19.4. The highest BCUT2D eigenvalue weighted by molar-refractivity contribution is 7.93. The molecular weight excluding hydrogens is 437 g/mol. The molecule has 4 aromatic rings. The van der Waals surface area contributed by atoms with Crippen LogP contribution in [0.5, 0.6) is 0 Å². The second kappa shape index (κ2) is 8.71. The molecule has 0 radical (unpaired) electrons. The van der Waals surface area contributed by atoms with Crippen molar-refractivity contribution in [2.75, 3.05) is 12.0 Å². The summed E-state index contributed by atoms with van der Waals surface area (Å²) in [5, 5.41) is 9.13. The first kappa shape index (κ1) is 22.5. The highest BCUT2D eigenvalue weighted by Crippen LogP contribution is 2.41. The highest BCUT2D eigenvalue weighted by atomic mass is 32.2. The molecule has 1 atom stereocenters. The Balaban J connectivity index is 0.00000324. The molecule has 0 fully saturated rings. The summed E-state index contributed by atoms with van der Waals surface area (Å²) in [6.07, 6.45) is 5.89. The van der Waals surface area contributed by atoms with Crippen molar-refractivity contribution in [3.05, 3.63) is 78.0 Å². The van der Waals surface area contributed by atoms with Gasteiger partial charge in [0.05, 0.1) is 20.3 Å². The van der Waals surface area contributed by atoms with Crippen LogP contribution >= 0.6 is 0 Å². The second-order valence-corrected chi connectivity index (χ2v) is 10.4. The molecule has 1 unspecified atom stereocenters. The van der Waals surface area contributed by atoms with Crippen molar-refractivity contribution in [2.45, 2.75) is 24.7 Å². The van der Waals surface area contributed by atoms with Gasteiger partial charge in [-0.25, -0.2) is 13.6 Å². The smallest absolute Gasteiger partial charge is 0.170 e. The number of nitrogen functional groups attached to an aromatic ring is 1. The van der Waals surface area contributed by atoms with Crippen LogP contribution in [0.2, 0.25) is 0 Å². The van der Waals surface area contributed by atoms with Gasteiger partial charge in [0, 0.05) is 48.5 Å². The third-order valence-electron chi connectivity index (χ3n) is 5.38. The summed E-state index contributed by atoms with van der Waals surface area (Å²) in [4.78, 5) is 9.39. The number of pyridine rings is 2. The van der Waals surface area contributed by atoms with Crippen LogP contribution in [0, 0.1) is 11.2 Å². The Morgan fingerprint density at radius 2 is 1.91 bits per heavy atom. The number of rotatable bonds is 5. The molecule has 2 heterocycles. The molecule has 2 aromatic heterocycles. The van der Waals surface area contributed by atoms with Gasteiger partial charge in [-0.1, -0.05) is 26.0 Å². The maximum Gasteiger partial charge on any atom is 0.170 e. The van der Waals surface area contributed by atoms with Crippen molar-refractivity contribution in [3.63, 3.8) is 0 Å². The van der Waals surface area contributed by atoms with E-state index < -0.39 is 9.73 Å². The molecule has 33 heavy (non-hydrogen) atoms. The number of aromatic nitrogens is 2. The molecule has 170 valence electrons. The van der Waals surface area contributed by atoms with Crippen molar-refractivity contribution in [2.24, 2.45) is 4.36 Å². The third-order valence-corrected chi connectivity index (χ3v) is 7.02. The normalized spacial score (nSPS) is 13.1. The Bertz CT molecular complexity index is 1480. The first-order valence-electron chi connectivity index (χ1n) is 10.4. The molecule has 0 aliphatic heterocycles. The molecular formula is C25H26FN5OS. The predicted molar refractivity (Wildman–Crippen MR) is 134 cm³/mol. The fourth-order valence-corrected chi connectivity index (χ4v) is 4.88. The van der Waals surface area contributed by atoms with E-state index in [0.29, 0.717) is 27.4 Å². The van der Waals surface area contributed by atoms with Gasteiger partial charge in [-0.05, 0) is 53.3 Å². The van der Waals surface area contributed by atoms with Gasteiger partial charge in [-0.3, -0.25) is 4.98 Å². The van der Waals surface area contributed by atoms with Crippen LogP contribution in [-0.4, -0.2) is 26.6 Å². The van der Waals surface area contributed by atoms with Crippen LogP contribution in [0.1, 0.15) is 32.4 Å². The summed E-state index contributed by atoms with van der Waals surface area (Å²) in [6.45, 7) is 4.01. The zero-order valence-electron chi connectivity index (χ0n) is 18.5. The monoisotopic (exact) mass is 463 g/mol. The maximum atomic E-state index is 13.6. The fourth-order valence-electron chi connectivity index (χ4n) is 3.71. The number of fused-ring (bicyclic) bond motifs is 1. The van der Waals surface area contributed by atoms with E-state index in [1.54, 1.807) is 42.8 Å². The molecule has 0 saturated heterocycles. The van der Waals surface area contributed by atoms with Crippen LogP contribution in [-0.2, 0) is 9.73 Å². The van der Waals surface area contributed by atoms with E-state index in [0.717, 1.165) is 22.2 Å². The van der Waals surface area contributed by atoms with Crippen molar-refractivity contribution in [1.82, 2.24) is 9.97 Å². The van der Waals surface area contributed by atoms with Crippen LogP contribution in [0.15, 0.2) is 70.2 Å². The van der Waals surface area contributed by atoms with E-state index in [1.807, 2.05) is 19.9 Å². The summed E-state index contributed by atoms with van der Waals surface area (Å²) < 4.78 is 31.8. The first-order valence-corrected chi connectivity index (χ1v) is 12.3. The van der Waals surface area contributed by atoms with Crippen molar-refractivity contribution >= 4 is 38.2 Å². The first-order chi connectivity index (χ1) is 15.7. The van der Waals surface area contributed by atoms with Crippen LogP contribution in [0.3, 0.4) is 0 Å². The standard InChI is InChI=1S/C25H24FN5OS.H2/c1-15(2)24-23(16-6-8-18(26)9-7-16)20-11-17(13-27)22(28)12-21(20)25(30-24)31-33(3,32)19-5-4-10-29-14-19;/h4-15,27H,28H2,1-3H3;1H. The van der Waals surface area contributed by atoms with E-state index >= 15 is 0 Å². The lowest BCUT2D eigenvalue weighted by atomic mass is 9.91. The quantitative estimate of drug-likeness (QED) is 0.272. The SMILES string of the molecule is CC(C)c1nc(N=S(C)(=O)c2cccnc2)c2cc(N)c(C=N)cc2c1-c1ccc(F)cc1.[HH]. The molecule has 0 aliphatic carbocycles. The lowest BCUT2D eigenvalue weighted by molar-refractivity contribution is 0.628. The summed E-state index contributed by atoms with van der Waals surface area (Å²) in [5.74, 6) is -0.0322. The van der Waals surface area contributed by atoms with Gasteiger partial charge in [-0.15, -0.1) is 0 Å². The van der Waals surface area contributed by atoms with Gasteiger partial charge in [0.15, 0.2) is 5.82 Å². The van der Waals surface area contributed by atoms with Gasteiger partial charge in [0.2, 0.25) is 0 Å². The summed E-state index contributed by atoms with van der Waals surface area (Å²) in [6, 6.07) is 13.2. The Morgan fingerprint density at radius 1 is 1.18 bits per heavy atom. The molecule has 3 N–H and O–H groups in total. The number of nitrogens with two attached hydrogens (primary N) is 1. The maximum absolute atomic E-state index is 13.6. The van der Waals surface area contributed by atoms with E-state index in [9.17, 15) is 8.60 Å². The zero-order chi connectivity index (χ0) is 23.8. The number of anilines is 1. The number of hydrogen-bond donors (Lipinski definition) is 2. The van der Waals surface area contributed by atoms with Gasteiger partial charge in [0.1, 0.15) is 5.82 Å². The minimum Gasteiger partial charge on any atom is -0.398 e. The van der Waals surface area contributed by atoms with E-state index in [4.69, 9.17) is 16.1 Å². The number of hydrogen-bond acceptors (Lipinski definition) is 6. The Hall–Kier alpha value is -3.65. The lowest BCUT2D eigenvalue weighted by Gasteiger charge is -2.18. The van der Waals surface area contributed by atoms with Crippen LogP contribution in [0.4, 0.5) is 15.9 Å². The van der Waals surface area contributed by atoms with Crippen LogP contribution in [0.25, 0.3) is 21.9 Å². The Labute approximate surface area is 193 Å². The second-order valence-electron chi connectivity index (χ2n) is 8.11.